The van der Waals surface area contributed by atoms with Crippen molar-refractivity contribution in [1.29, 1.82) is 0 Å². The van der Waals surface area contributed by atoms with E-state index in [2.05, 4.69) is 10.3 Å². The SMILES string of the molecule is NC(=O)N1CCNC(CCCn2ccnc2)(C(N)=O)C1. The average Bonchev–Trinajstić information content (AvgIpc) is 2.92. The Bertz CT molecular complexity index is 474. The van der Waals surface area contributed by atoms with Gasteiger partial charge in [0.15, 0.2) is 0 Å². The fourth-order valence-corrected chi connectivity index (χ4v) is 2.52. The number of nitrogens with two attached hydrogens (primary N) is 2. The average molecular weight is 280 g/mol. The molecule has 1 aromatic heterocycles. The third-order valence-corrected chi connectivity index (χ3v) is 3.67. The molecule has 0 bridgehead atoms. The Morgan fingerprint density at radius 2 is 2.20 bits per heavy atom. The van der Waals surface area contributed by atoms with Gasteiger partial charge in [0, 0.05) is 38.6 Å². The molecule has 8 nitrogen and oxygen atoms in total. The molecule has 5 N–H and O–H groups in total. The minimum Gasteiger partial charge on any atom is -0.368 e. The van der Waals surface area contributed by atoms with Crippen molar-refractivity contribution < 1.29 is 9.59 Å². The van der Waals surface area contributed by atoms with Crippen LogP contribution in [0.15, 0.2) is 18.7 Å². The molecule has 0 saturated carbocycles. The summed E-state index contributed by atoms with van der Waals surface area (Å²) in [5.41, 5.74) is 9.92. The Balaban J connectivity index is 1.98. The summed E-state index contributed by atoms with van der Waals surface area (Å²) in [5.74, 6) is -0.450. The summed E-state index contributed by atoms with van der Waals surface area (Å²) in [6.07, 6.45) is 6.59. The number of nitrogens with zero attached hydrogens (tertiary/aromatic N) is 3. The van der Waals surface area contributed by atoms with E-state index in [-0.39, 0.29) is 6.54 Å². The number of primary amides is 2. The van der Waals surface area contributed by atoms with E-state index < -0.39 is 17.5 Å². The van der Waals surface area contributed by atoms with E-state index in [4.69, 9.17) is 11.5 Å². The number of aromatic nitrogens is 2. The topological polar surface area (TPSA) is 119 Å². The number of aryl methyl sites for hydroxylation is 1. The van der Waals surface area contributed by atoms with Gasteiger partial charge in [-0.25, -0.2) is 9.78 Å². The zero-order chi connectivity index (χ0) is 14.6. The van der Waals surface area contributed by atoms with E-state index in [9.17, 15) is 9.59 Å². The molecular weight excluding hydrogens is 260 g/mol. The lowest BCUT2D eigenvalue weighted by Gasteiger charge is -2.41. The van der Waals surface area contributed by atoms with Gasteiger partial charge < -0.3 is 26.3 Å². The molecule has 1 aromatic rings. The number of piperazine rings is 1. The summed E-state index contributed by atoms with van der Waals surface area (Å²) in [5, 5.41) is 3.15. The number of carbonyl (C=O) groups is 2. The first kappa shape index (κ1) is 14.3. The second-order valence-corrected chi connectivity index (χ2v) is 5.04. The van der Waals surface area contributed by atoms with Crippen molar-refractivity contribution in [1.82, 2.24) is 19.8 Å². The van der Waals surface area contributed by atoms with Gasteiger partial charge in [-0.15, -0.1) is 0 Å². The van der Waals surface area contributed by atoms with E-state index in [1.807, 2.05) is 10.8 Å². The molecule has 0 radical (unpaired) electrons. The van der Waals surface area contributed by atoms with Crippen LogP contribution in [0.5, 0.6) is 0 Å². The third kappa shape index (κ3) is 3.08. The summed E-state index contributed by atoms with van der Waals surface area (Å²) < 4.78 is 1.93. The summed E-state index contributed by atoms with van der Waals surface area (Å²) in [7, 11) is 0. The van der Waals surface area contributed by atoms with E-state index in [0.717, 1.165) is 13.0 Å². The van der Waals surface area contributed by atoms with Gasteiger partial charge >= 0.3 is 6.03 Å². The first-order chi connectivity index (χ1) is 9.53. The largest absolute Gasteiger partial charge is 0.368 e. The molecule has 20 heavy (non-hydrogen) atoms. The van der Waals surface area contributed by atoms with Gasteiger partial charge in [-0.05, 0) is 12.8 Å². The molecule has 110 valence electrons. The van der Waals surface area contributed by atoms with E-state index >= 15 is 0 Å². The van der Waals surface area contributed by atoms with Gasteiger partial charge in [0.2, 0.25) is 5.91 Å². The first-order valence-corrected chi connectivity index (χ1v) is 6.58. The molecular formula is C12H20N6O2. The van der Waals surface area contributed by atoms with Crippen molar-refractivity contribution in [2.75, 3.05) is 19.6 Å². The zero-order valence-corrected chi connectivity index (χ0v) is 11.3. The highest BCUT2D eigenvalue weighted by Crippen LogP contribution is 2.18. The molecule has 1 fully saturated rings. The quantitative estimate of drug-likeness (QED) is 0.632. The number of rotatable bonds is 5. The lowest BCUT2D eigenvalue weighted by molar-refractivity contribution is -0.126. The highest BCUT2D eigenvalue weighted by atomic mass is 16.2. The smallest absolute Gasteiger partial charge is 0.314 e. The minimum absolute atomic E-state index is 0.224. The maximum atomic E-state index is 11.8. The highest BCUT2D eigenvalue weighted by molar-refractivity contribution is 5.86. The number of hydrogen-bond donors (Lipinski definition) is 3. The van der Waals surface area contributed by atoms with Crippen molar-refractivity contribution in [3.05, 3.63) is 18.7 Å². The van der Waals surface area contributed by atoms with Gasteiger partial charge in [0.05, 0.1) is 6.33 Å². The van der Waals surface area contributed by atoms with Gasteiger partial charge in [-0.1, -0.05) is 0 Å². The summed E-state index contributed by atoms with van der Waals surface area (Å²) in [6.45, 7) is 1.97. The molecule has 1 atom stereocenters. The molecule has 0 aromatic carbocycles. The van der Waals surface area contributed by atoms with Crippen LogP contribution in [0.3, 0.4) is 0 Å². The zero-order valence-electron chi connectivity index (χ0n) is 11.3. The molecule has 1 aliphatic heterocycles. The van der Waals surface area contributed by atoms with Crippen molar-refractivity contribution in [3.63, 3.8) is 0 Å². The number of amides is 3. The van der Waals surface area contributed by atoms with Crippen LogP contribution in [0.2, 0.25) is 0 Å². The van der Waals surface area contributed by atoms with Gasteiger partial charge in [0.1, 0.15) is 5.54 Å². The second kappa shape index (κ2) is 5.91. The number of carbonyl (C=O) groups excluding carboxylic acids is 2. The van der Waals surface area contributed by atoms with E-state index in [1.165, 1.54) is 4.90 Å². The van der Waals surface area contributed by atoms with Crippen LogP contribution in [0.4, 0.5) is 4.79 Å². The normalized spacial score (nSPS) is 22.7. The van der Waals surface area contributed by atoms with E-state index in [0.29, 0.717) is 19.5 Å². The molecule has 1 saturated heterocycles. The molecule has 8 heteroatoms. The van der Waals surface area contributed by atoms with Crippen LogP contribution in [-0.2, 0) is 11.3 Å². The maximum absolute atomic E-state index is 11.8. The van der Waals surface area contributed by atoms with Crippen LogP contribution in [0, 0.1) is 0 Å². The molecule has 0 aliphatic carbocycles. The predicted molar refractivity (Wildman–Crippen MR) is 72.5 cm³/mol. The number of nitrogens with one attached hydrogen (secondary N) is 1. The highest BCUT2D eigenvalue weighted by Gasteiger charge is 2.41. The summed E-state index contributed by atoms with van der Waals surface area (Å²) >= 11 is 0. The maximum Gasteiger partial charge on any atom is 0.314 e. The summed E-state index contributed by atoms with van der Waals surface area (Å²) in [6, 6.07) is -0.522. The Hall–Kier alpha value is -2.09. The fourth-order valence-electron chi connectivity index (χ4n) is 2.52. The standard InChI is InChI=1S/C12H20N6O2/c13-10(19)12(2-1-5-17-6-3-15-9-17)8-18(11(14)20)7-4-16-12/h3,6,9,16H,1-2,4-5,7-8H2,(H2,13,19)(H2,14,20). The number of hydrogen-bond acceptors (Lipinski definition) is 4. The van der Waals surface area contributed by atoms with Crippen molar-refractivity contribution in [2.24, 2.45) is 11.5 Å². The Morgan fingerprint density at radius 3 is 2.80 bits per heavy atom. The molecule has 1 aliphatic rings. The minimum atomic E-state index is -0.895. The Morgan fingerprint density at radius 1 is 1.40 bits per heavy atom. The predicted octanol–water partition coefficient (Wildman–Crippen LogP) is -1.13. The van der Waals surface area contributed by atoms with Crippen LogP contribution in [0.25, 0.3) is 0 Å². The van der Waals surface area contributed by atoms with Gasteiger partial charge in [-0.3, -0.25) is 4.79 Å². The lowest BCUT2D eigenvalue weighted by Crippen LogP contribution is -2.67. The molecule has 0 spiro atoms. The monoisotopic (exact) mass is 280 g/mol. The molecule has 2 rings (SSSR count). The molecule has 2 heterocycles. The summed E-state index contributed by atoms with van der Waals surface area (Å²) in [4.78, 5) is 28.5. The number of urea groups is 1. The molecule has 3 amide bonds. The second-order valence-electron chi connectivity index (χ2n) is 5.04. The van der Waals surface area contributed by atoms with Crippen LogP contribution >= 0.6 is 0 Å². The number of imidazole rings is 1. The fraction of sp³-hybridized carbons (Fsp3) is 0.583. The lowest BCUT2D eigenvalue weighted by atomic mass is 9.90. The van der Waals surface area contributed by atoms with Gasteiger partial charge in [-0.2, -0.15) is 0 Å². The Labute approximate surface area is 117 Å². The third-order valence-electron chi connectivity index (χ3n) is 3.67. The molecule has 1 unspecified atom stereocenters. The van der Waals surface area contributed by atoms with Gasteiger partial charge in [0.25, 0.3) is 0 Å². The Kier molecular flexibility index (Phi) is 4.23. The van der Waals surface area contributed by atoms with Crippen molar-refractivity contribution in [3.8, 4) is 0 Å². The van der Waals surface area contributed by atoms with Crippen LogP contribution in [0.1, 0.15) is 12.8 Å². The van der Waals surface area contributed by atoms with Crippen molar-refractivity contribution >= 4 is 11.9 Å². The van der Waals surface area contributed by atoms with Crippen LogP contribution < -0.4 is 16.8 Å². The first-order valence-electron chi connectivity index (χ1n) is 6.58. The van der Waals surface area contributed by atoms with Crippen molar-refractivity contribution in [2.45, 2.75) is 24.9 Å². The van der Waals surface area contributed by atoms with Crippen LogP contribution in [-0.4, -0.2) is 51.6 Å². The van der Waals surface area contributed by atoms with E-state index in [1.54, 1.807) is 12.5 Å².